The lowest BCUT2D eigenvalue weighted by Gasteiger charge is -2.19. The van der Waals surface area contributed by atoms with Gasteiger partial charge in [0.05, 0.1) is 12.8 Å². The van der Waals surface area contributed by atoms with Gasteiger partial charge in [0.2, 0.25) is 5.91 Å². The minimum atomic E-state index is -0.557. The number of ether oxygens (including phenoxy) is 2. The highest BCUT2D eigenvalue weighted by Gasteiger charge is 2.24. The molecule has 3 rings (SSSR count). The molecule has 0 unspecified atom stereocenters. The third-order valence-electron chi connectivity index (χ3n) is 4.08. The molecule has 0 bridgehead atoms. The summed E-state index contributed by atoms with van der Waals surface area (Å²) in [6.45, 7) is 0.306. The predicted molar refractivity (Wildman–Crippen MR) is 103 cm³/mol. The van der Waals surface area contributed by atoms with Crippen molar-refractivity contribution in [1.29, 1.82) is 0 Å². The van der Waals surface area contributed by atoms with Crippen LogP contribution in [0.25, 0.3) is 0 Å². The lowest BCUT2D eigenvalue weighted by Crippen LogP contribution is -2.24. The Hall–Kier alpha value is -2.61. The van der Waals surface area contributed by atoms with E-state index in [0.717, 1.165) is 6.42 Å². The number of benzene rings is 2. The molecule has 6 nitrogen and oxygen atoms in total. The van der Waals surface area contributed by atoms with Gasteiger partial charge in [0.1, 0.15) is 5.75 Å². The predicted octanol–water partition coefficient (Wildman–Crippen LogP) is 3.74. The largest absolute Gasteiger partial charge is 0.494 e. The summed E-state index contributed by atoms with van der Waals surface area (Å²) in [5.41, 5.74) is 1.17. The van der Waals surface area contributed by atoms with E-state index < -0.39 is 11.7 Å². The molecule has 1 N–H and O–H groups in total. The van der Waals surface area contributed by atoms with Gasteiger partial charge in [-0.15, -0.1) is 0 Å². The lowest BCUT2D eigenvalue weighted by molar-refractivity contribution is -0.118. The molecule has 1 fully saturated rings. The van der Waals surface area contributed by atoms with Crippen LogP contribution in [0.2, 0.25) is 0 Å². The monoisotopic (exact) mass is 436 g/mol. The quantitative estimate of drug-likeness (QED) is 0.748. The number of halogens is 2. The van der Waals surface area contributed by atoms with Crippen molar-refractivity contribution in [3.05, 3.63) is 46.7 Å². The van der Waals surface area contributed by atoms with Crippen molar-refractivity contribution in [1.82, 2.24) is 0 Å². The molecule has 0 radical (unpaired) electrons. The van der Waals surface area contributed by atoms with Gasteiger partial charge in [0.25, 0.3) is 5.91 Å². The molecule has 0 spiro atoms. The first-order valence-electron chi connectivity index (χ1n) is 8.34. The summed E-state index contributed by atoms with van der Waals surface area (Å²) >= 11 is 3.16. The van der Waals surface area contributed by atoms with Crippen molar-refractivity contribution in [3.63, 3.8) is 0 Å². The van der Waals surface area contributed by atoms with E-state index in [1.807, 2.05) is 0 Å². The van der Waals surface area contributed by atoms with Crippen molar-refractivity contribution in [2.24, 2.45) is 0 Å². The second kappa shape index (κ2) is 8.39. The number of anilines is 2. The van der Waals surface area contributed by atoms with Crippen LogP contribution in [0.3, 0.4) is 0 Å². The van der Waals surface area contributed by atoms with E-state index in [-0.39, 0.29) is 18.3 Å². The van der Waals surface area contributed by atoms with Crippen LogP contribution in [0.15, 0.2) is 40.9 Å². The number of carbonyl (C=O) groups is 2. The molecule has 2 aromatic rings. The summed E-state index contributed by atoms with van der Waals surface area (Å²) in [4.78, 5) is 25.7. The zero-order valence-electron chi connectivity index (χ0n) is 14.6. The third kappa shape index (κ3) is 4.57. The van der Waals surface area contributed by atoms with Gasteiger partial charge in [-0.1, -0.05) is 15.9 Å². The smallest absolute Gasteiger partial charge is 0.262 e. The van der Waals surface area contributed by atoms with Gasteiger partial charge in [-0.05, 0) is 36.8 Å². The molecule has 1 heterocycles. The minimum absolute atomic E-state index is 0.00572. The molecule has 0 saturated carbocycles. The molecule has 1 aliphatic heterocycles. The third-order valence-corrected chi connectivity index (χ3v) is 4.57. The van der Waals surface area contributed by atoms with E-state index in [1.54, 1.807) is 29.2 Å². The van der Waals surface area contributed by atoms with Gasteiger partial charge in [-0.2, -0.15) is 0 Å². The Morgan fingerprint density at radius 1 is 1.26 bits per heavy atom. The topological polar surface area (TPSA) is 67.9 Å². The molecule has 2 aromatic carbocycles. The number of methoxy groups -OCH3 is 1. The van der Waals surface area contributed by atoms with Crippen LogP contribution in [0, 0.1) is 5.82 Å². The van der Waals surface area contributed by atoms with Gasteiger partial charge in [-0.3, -0.25) is 9.59 Å². The summed E-state index contributed by atoms with van der Waals surface area (Å²) in [7, 11) is 1.50. The molecular weight excluding hydrogens is 419 g/mol. The summed E-state index contributed by atoms with van der Waals surface area (Å²) in [6, 6.07) is 9.38. The van der Waals surface area contributed by atoms with Crippen LogP contribution in [-0.4, -0.2) is 32.1 Å². The molecule has 1 saturated heterocycles. The number of hydrogen-bond donors (Lipinski definition) is 1. The van der Waals surface area contributed by atoms with Crippen molar-refractivity contribution >= 4 is 39.1 Å². The van der Waals surface area contributed by atoms with Gasteiger partial charge in [-0.25, -0.2) is 4.39 Å². The molecular formula is C19H18BrFN2O4. The summed E-state index contributed by atoms with van der Waals surface area (Å²) in [5.74, 6) is -0.463. The Bertz CT molecular complexity index is 875. The Morgan fingerprint density at radius 3 is 2.74 bits per heavy atom. The average Bonchev–Trinajstić information content (AvgIpc) is 3.06. The maximum absolute atomic E-state index is 13.7. The van der Waals surface area contributed by atoms with Crippen molar-refractivity contribution in [2.45, 2.75) is 12.8 Å². The molecule has 0 atom stereocenters. The van der Waals surface area contributed by atoms with Crippen LogP contribution in [-0.2, 0) is 9.59 Å². The Morgan fingerprint density at radius 2 is 2.07 bits per heavy atom. The first-order valence-corrected chi connectivity index (χ1v) is 9.13. The van der Waals surface area contributed by atoms with E-state index in [0.29, 0.717) is 34.6 Å². The van der Waals surface area contributed by atoms with Gasteiger partial charge < -0.3 is 19.7 Å². The lowest BCUT2D eigenvalue weighted by atomic mass is 10.2. The normalized spacial score (nSPS) is 13.6. The fourth-order valence-corrected chi connectivity index (χ4v) is 3.15. The van der Waals surface area contributed by atoms with Crippen LogP contribution in [0.1, 0.15) is 12.8 Å². The fourth-order valence-electron chi connectivity index (χ4n) is 2.81. The minimum Gasteiger partial charge on any atom is -0.494 e. The van der Waals surface area contributed by atoms with Crippen LogP contribution in [0.5, 0.6) is 11.5 Å². The molecule has 142 valence electrons. The summed E-state index contributed by atoms with van der Waals surface area (Å²) in [5, 5.41) is 2.67. The second-order valence-corrected chi connectivity index (χ2v) is 6.86. The Labute approximate surface area is 164 Å². The molecule has 1 aliphatic rings. The highest BCUT2D eigenvalue weighted by molar-refractivity contribution is 9.10. The van der Waals surface area contributed by atoms with E-state index in [2.05, 4.69) is 21.2 Å². The summed E-state index contributed by atoms with van der Waals surface area (Å²) in [6.07, 6.45) is 1.33. The Kier molecular flexibility index (Phi) is 5.95. The maximum Gasteiger partial charge on any atom is 0.262 e. The number of nitrogens with zero attached hydrogens (tertiary/aromatic N) is 1. The van der Waals surface area contributed by atoms with E-state index in [4.69, 9.17) is 9.47 Å². The average molecular weight is 437 g/mol. The van der Waals surface area contributed by atoms with Crippen molar-refractivity contribution in [3.8, 4) is 11.5 Å². The van der Waals surface area contributed by atoms with E-state index in [1.165, 1.54) is 19.2 Å². The zero-order valence-corrected chi connectivity index (χ0v) is 16.2. The highest BCUT2D eigenvalue weighted by Crippen LogP contribution is 2.33. The van der Waals surface area contributed by atoms with Crippen LogP contribution >= 0.6 is 15.9 Å². The number of amides is 2. The van der Waals surface area contributed by atoms with Gasteiger partial charge in [0.15, 0.2) is 18.2 Å². The number of carbonyl (C=O) groups excluding carboxylic acids is 2. The Balaban J connectivity index is 1.64. The van der Waals surface area contributed by atoms with E-state index in [9.17, 15) is 14.0 Å². The summed E-state index contributed by atoms with van der Waals surface area (Å²) < 4.78 is 24.9. The SMILES string of the molecule is COc1cc(NC(=O)COc2ccc(Br)cc2F)ccc1N1CCCC1=O. The van der Waals surface area contributed by atoms with Gasteiger partial charge in [0, 0.05) is 29.2 Å². The van der Waals surface area contributed by atoms with Gasteiger partial charge >= 0.3 is 0 Å². The molecule has 27 heavy (non-hydrogen) atoms. The molecule has 0 aromatic heterocycles. The first kappa shape index (κ1) is 19.2. The number of hydrogen-bond acceptors (Lipinski definition) is 4. The number of nitrogens with one attached hydrogen (secondary N) is 1. The molecule has 8 heteroatoms. The standard InChI is InChI=1S/C19H18BrFN2O4/c1-26-17-10-13(5-6-15(17)23-8-2-3-19(23)25)22-18(24)11-27-16-7-4-12(20)9-14(16)21/h4-7,9-10H,2-3,8,11H2,1H3,(H,22,24). The molecule has 0 aliphatic carbocycles. The molecule has 2 amide bonds. The van der Waals surface area contributed by atoms with Crippen molar-refractivity contribution in [2.75, 3.05) is 30.5 Å². The van der Waals surface area contributed by atoms with Crippen LogP contribution in [0.4, 0.5) is 15.8 Å². The zero-order chi connectivity index (χ0) is 19.4. The maximum atomic E-state index is 13.7. The highest BCUT2D eigenvalue weighted by atomic mass is 79.9. The van der Waals surface area contributed by atoms with Crippen molar-refractivity contribution < 1.29 is 23.5 Å². The van der Waals surface area contributed by atoms with E-state index >= 15 is 0 Å². The fraction of sp³-hybridized carbons (Fsp3) is 0.263. The second-order valence-electron chi connectivity index (χ2n) is 5.95. The van der Waals surface area contributed by atoms with Crippen LogP contribution < -0.4 is 19.7 Å². The first-order chi connectivity index (χ1) is 13.0. The number of rotatable bonds is 6.